The molecule has 1 aromatic heterocycles. The molecule has 0 saturated heterocycles. The molecule has 0 N–H and O–H groups in total. The number of para-hydroxylation sites is 1. The van der Waals surface area contributed by atoms with E-state index in [9.17, 15) is 10.1 Å². The number of hydrogen-bond acceptors (Lipinski definition) is 5. The maximum Gasteiger partial charge on any atom is 0.311 e. The minimum atomic E-state index is -0.479. The van der Waals surface area contributed by atoms with Crippen LogP contribution in [0.15, 0.2) is 18.2 Å². The Morgan fingerprint density at radius 3 is 2.75 bits per heavy atom. The van der Waals surface area contributed by atoms with E-state index >= 15 is 0 Å². The summed E-state index contributed by atoms with van der Waals surface area (Å²) in [6, 6.07) is 4.69. The number of alkyl halides is 1. The number of rotatable bonds is 5. The molecule has 2 rings (SSSR count). The average molecular weight is 297 g/mol. The third-order valence-electron chi connectivity index (χ3n) is 2.81. The van der Waals surface area contributed by atoms with Crippen molar-refractivity contribution in [2.45, 2.75) is 12.8 Å². The number of halogens is 1. The van der Waals surface area contributed by atoms with Crippen molar-refractivity contribution in [3.05, 3.63) is 34.1 Å². The lowest BCUT2D eigenvalue weighted by Gasteiger charge is -2.10. The number of ether oxygens (including phenoxy) is 1. The van der Waals surface area contributed by atoms with Gasteiger partial charge in [-0.3, -0.25) is 10.1 Å². The molecule has 0 radical (unpaired) electrons. The van der Waals surface area contributed by atoms with Crippen molar-refractivity contribution >= 4 is 17.3 Å². The van der Waals surface area contributed by atoms with Gasteiger partial charge in [-0.2, -0.15) is 0 Å². The fraction of sp³-hybridized carbons (Fsp3) is 0.333. The van der Waals surface area contributed by atoms with Gasteiger partial charge in [0.05, 0.1) is 23.0 Å². The highest BCUT2D eigenvalue weighted by atomic mass is 35.5. The molecule has 8 heteroatoms. The molecule has 0 bridgehead atoms. The number of benzene rings is 1. The monoisotopic (exact) mass is 296 g/mol. The third-order valence-corrected chi connectivity index (χ3v) is 3.04. The maximum atomic E-state index is 11.1. The van der Waals surface area contributed by atoms with Crippen LogP contribution in [-0.4, -0.2) is 26.3 Å². The summed E-state index contributed by atoms with van der Waals surface area (Å²) in [5, 5.41) is 19.1. The first-order valence-corrected chi connectivity index (χ1v) is 6.48. The summed E-state index contributed by atoms with van der Waals surface area (Å²) in [7, 11) is 1.75. The van der Waals surface area contributed by atoms with Crippen molar-refractivity contribution in [3.8, 4) is 17.1 Å². The Balaban J connectivity index is 2.63. The Morgan fingerprint density at radius 2 is 2.20 bits per heavy atom. The number of nitro benzene ring substituents is 1. The third kappa shape index (κ3) is 2.44. The van der Waals surface area contributed by atoms with Crippen LogP contribution in [0.4, 0.5) is 5.69 Å². The molecule has 106 valence electrons. The second-order valence-electron chi connectivity index (χ2n) is 3.98. The van der Waals surface area contributed by atoms with Crippen LogP contribution in [0.5, 0.6) is 5.75 Å². The minimum Gasteiger partial charge on any atom is -0.487 e. The summed E-state index contributed by atoms with van der Waals surface area (Å²) in [4.78, 5) is 10.6. The zero-order valence-corrected chi connectivity index (χ0v) is 11.8. The SMILES string of the molecule is CCOc1c(-c2nnc(CCl)n2C)cccc1[N+](=O)[O-]. The van der Waals surface area contributed by atoms with E-state index in [0.29, 0.717) is 23.8 Å². The number of nitrogens with zero attached hydrogens (tertiary/aromatic N) is 4. The topological polar surface area (TPSA) is 83.1 Å². The molecule has 7 nitrogen and oxygen atoms in total. The normalized spacial score (nSPS) is 10.6. The summed E-state index contributed by atoms with van der Waals surface area (Å²) >= 11 is 5.75. The van der Waals surface area contributed by atoms with Crippen molar-refractivity contribution in [1.29, 1.82) is 0 Å². The molecule has 0 fully saturated rings. The molecule has 0 unspecified atom stereocenters. The van der Waals surface area contributed by atoms with E-state index in [1.54, 1.807) is 30.7 Å². The quantitative estimate of drug-likeness (QED) is 0.481. The summed E-state index contributed by atoms with van der Waals surface area (Å²) in [5.74, 6) is 1.46. The van der Waals surface area contributed by atoms with E-state index < -0.39 is 4.92 Å². The molecule has 0 atom stereocenters. The van der Waals surface area contributed by atoms with Crippen molar-refractivity contribution in [2.24, 2.45) is 7.05 Å². The zero-order valence-electron chi connectivity index (χ0n) is 11.0. The predicted octanol–water partition coefficient (Wildman–Crippen LogP) is 2.53. The van der Waals surface area contributed by atoms with Crippen molar-refractivity contribution < 1.29 is 9.66 Å². The Kier molecular flexibility index (Phi) is 4.19. The molecule has 0 saturated carbocycles. The van der Waals surface area contributed by atoms with E-state index in [4.69, 9.17) is 16.3 Å². The second kappa shape index (κ2) is 5.87. The zero-order chi connectivity index (χ0) is 14.7. The van der Waals surface area contributed by atoms with E-state index in [1.807, 2.05) is 0 Å². The summed E-state index contributed by atoms with van der Waals surface area (Å²) in [6.45, 7) is 2.08. The molecule has 2 aromatic rings. The first-order valence-electron chi connectivity index (χ1n) is 5.95. The lowest BCUT2D eigenvalue weighted by molar-refractivity contribution is -0.385. The molecule has 0 aliphatic rings. The van der Waals surface area contributed by atoms with Crippen LogP contribution >= 0.6 is 11.6 Å². The van der Waals surface area contributed by atoms with Gasteiger partial charge in [-0.05, 0) is 13.0 Å². The van der Waals surface area contributed by atoms with Gasteiger partial charge in [-0.15, -0.1) is 21.8 Å². The molecule has 0 spiro atoms. The van der Waals surface area contributed by atoms with Crippen LogP contribution in [0, 0.1) is 10.1 Å². The number of aromatic nitrogens is 3. The molecule has 1 heterocycles. The number of nitro groups is 1. The van der Waals surface area contributed by atoms with Crippen LogP contribution in [-0.2, 0) is 12.9 Å². The molecule has 0 amide bonds. The average Bonchev–Trinajstić information content (AvgIpc) is 2.80. The second-order valence-corrected chi connectivity index (χ2v) is 4.24. The maximum absolute atomic E-state index is 11.1. The minimum absolute atomic E-state index is 0.0974. The number of hydrogen-bond donors (Lipinski definition) is 0. The standard InChI is InChI=1S/C12H13ClN4O3/c1-3-20-11-8(5-4-6-9(11)17(18)19)12-15-14-10(7-13)16(12)2/h4-6H,3,7H2,1-2H3. The molecule has 0 aliphatic heterocycles. The van der Waals surface area contributed by atoms with E-state index in [1.165, 1.54) is 6.07 Å². The summed E-state index contributed by atoms with van der Waals surface area (Å²) in [5.41, 5.74) is 0.423. The fourth-order valence-corrected chi connectivity index (χ4v) is 2.09. The van der Waals surface area contributed by atoms with Crippen LogP contribution in [0.2, 0.25) is 0 Å². The Morgan fingerprint density at radius 1 is 1.45 bits per heavy atom. The Bertz CT molecular complexity index is 642. The van der Waals surface area contributed by atoms with Gasteiger partial charge < -0.3 is 9.30 Å². The molecular formula is C12H13ClN4O3. The molecule has 0 aliphatic carbocycles. The Hall–Kier alpha value is -2.15. The van der Waals surface area contributed by atoms with Gasteiger partial charge >= 0.3 is 5.69 Å². The van der Waals surface area contributed by atoms with Crippen molar-refractivity contribution in [1.82, 2.24) is 14.8 Å². The summed E-state index contributed by atoms with van der Waals surface area (Å²) in [6.07, 6.45) is 0. The van der Waals surface area contributed by atoms with Gasteiger partial charge in [0.15, 0.2) is 5.82 Å². The molecule has 1 aromatic carbocycles. The van der Waals surface area contributed by atoms with Gasteiger partial charge in [0.1, 0.15) is 5.82 Å². The van der Waals surface area contributed by atoms with Crippen LogP contribution in [0.1, 0.15) is 12.7 Å². The summed E-state index contributed by atoms with van der Waals surface area (Å²) < 4.78 is 7.12. The van der Waals surface area contributed by atoms with Gasteiger partial charge in [0.2, 0.25) is 5.75 Å². The van der Waals surface area contributed by atoms with Crippen LogP contribution in [0.25, 0.3) is 11.4 Å². The highest BCUT2D eigenvalue weighted by molar-refractivity contribution is 6.16. The molecular weight excluding hydrogens is 284 g/mol. The van der Waals surface area contributed by atoms with Gasteiger partial charge in [0, 0.05) is 13.1 Å². The van der Waals surface area contributed by atoms with Crippen LogP contribution < -0.4 is 4.74 Å². The predicted molar refractivity (Wildman–Crippen MR) is 73.8 cm³/mol. The van der Waals surface area contributed by atoms with E-state index in [0.717, 1.165) is 0 Å². The highest BCUT2D eigenvalue weighted by Crippen LogP contribution is 2.37. The first kappa shape index (κ1) is 14.3. The van der Waals surface area contributed by atoms with Crippen molar-refractivity contribution in [3.63, 3.8) is 0 Å². The van der Waals surface area contributed by atoms with Gasteiger partial charge in [-0.1, -0.05) is 6.07 Å². The lowest BCUT2D eigenvalue weighted by Crippen LogP contribution is -2.02. The lowest BCUT2D eigenvalue weighted by atomic mass is 10.1. The Labute approximate surface area is 120 Å². The highest BCUT2D eigenvalue weighted by Gasteiger charge is 2.23. The largest absolute Gasteiger partial charge is 0.487 e. The van der Waals surface area contributed by atoms with E-state index in [-0.39, 0.29) is 17.3 Å². The smallest absolute Gasteiger partial charge is 0.311 e. The first-order chi connectivity index (χ1) is 9.60. The van der Waals surface area contributed by atoms with Crippen LogP contribution in [0.3, 0.4) is 0 Å². The fourth-order valence-electron chi connectivity index (χ4n) is 1.85. The van der Waals surface area contributed by atoms with E-state index in [2.05, 4.69) is 10.2 Å². The molecule has 20 heavy (non-hydrogen) atoms. The van der Waals surface area contributed by atoms with Crippen molar-refractivity contribution in [2.75, 3.05) is 6.61 Å². The van der Waals surface area contributed by atoms with Gasteiger partial charge in [-0.25, -0.2) is 0 Å². The van der Waals surface area contributed by atoms with Gasteiger partial charge in [0.25, 0.3) is 0 Å².